The van der Waals surface area contributed by atoms with Crippen LogP contribution in [0.1, 0.15) is 23.6 Å². The van der Waals surface area contributed by atoms with E-state index in [1.165, 1.54) is 11.8 Å². The zero-order chi connectivity index (χ0) is 22.3. The van der Waals surface area contributed by atoms with E-state index >= 15 is 0 Å². The topological polar surface area (TPSA) is 72.7 Å². The van der Waals surface area contributed by atoms with Gasteiger partial charge in [0.15, 0.2) is 11.0 Å². The van der Waals surface area contributed by atoms with Crippen LogP contribution < -0.4 is 5.32 Å². The van der Waals surface area contributed by atoms with Gasteiger partial charge < -0.3 is 5.32 Å². The van der Waals surface area contributed by atoms with Gasteiger partial charge in [-0.3, -0.25) is 14.3 Å². The van der Waals surface area contributed by atoms with E-state index in [1.54, 1.807) is 12.4 Å². The highest BCUT2D eigenvalue weighted by Gasteiger charge is 2.17. The van der Waals surface area contributed by atoms with Gasteiger partial charge in [-0.25, -0.2) is 0 Å². The Morgan fingerprint density at radius 3 is 2.62 bits per heavy atom. The molecule has 0 bridgehead atoms. The molecule has 4 aromatic rings. The number of hydrogen-bond acceptors (Lipinski definition) is 5. The first-order chi connectivity index (χ1) is 15.7. The Balaban J connectivity index is 1.55. The summed E-state index contributed by atoms with van der Waals surface area (Å²) in [6.45, 7) is 4.71. The number of hydrogen-bond donors (Lipinski definition) is 1. The largest absolute Gasteiger partial charge is 0.325 e. The van der Waals surface area contributed by atoms with Crippen molar-refractivity contribution in [3.05, 3.63) is 89.7 Å². The third-order valence-electron chi connectivity index (χ3n) is 5.16. The van der Waals surface area contributed by atoms with E-state index in [9.17, 15) is 4.79 Å². The van der Waals surface area contributed by atoms with Crippen LogP contribution in [0, 0.1) is 6.92 Å². The maximum atomic E-state index is 12.8. The number of benzene rings is 2. The first-order valence-corrected chi connectivity index (χ1v) is 11.5. The molecule has 2 aromatic heterocycles. The Morgan fingerprint density at radius 2 is 1.88 bits per heavy atom. The van der Waals surface area contributed by atoms with Crippen LogP contribution in [0.5, 0.6) is 0 Å². The van der Waals surface area contributed by atoms with Crippen molar-refractivity contribution >= 4 is 23.4 Å². The number of para-hydroxylation sites is 1. The molecule has 2 heterocycles. The fourth-order valence-electron chi connectivity index (χ4n) is 3.52. The van der Waals surface area contributed by atoms with Crippen molar-refractivity contribution in [1.82, 2.24) is 19.7 Å². The number of thioether (sulfide) groups is 1. The van der Waals surface area contributed by atoms with Gasteiger partial charge in [0.1, 0.15) is 0 Å². The summed E-state index contributed by atoms with van der Waals surface area (Å²) in [4.78, 5) is 17.0. The molecule has 0 fully saturated rings. The minimum absolute atomic E-state index is 0.0591. The number of nitrogens with one attached hydrogen (secondary N) is 1. The van der Waals surface area contributed by atoms with Crippen LogP contribution in [0.15, 0.2) is 78.2 Å². The summed E-state index contributed by atoms with van der Waals surface area (Å²) in [5.74, 6) is 0.922. The lowest BCUT2D eigenvalue weighted by molar-refractivity contribution is -0.113. The molecule has 0 spiro atoms. The fourth-order valence-corrected chi connectivity index (χ4v) is 4.26. The molecule has 0 unspecified atom stereocenters. The van der Waals surface area contributed by atoms with Gasteiger partial charge in [-0.05, 0) is 42.2 Å². The number of carbonyl (C=O) groups excluding carboxylic acids is 1. The van der Waals surface area contributed by atoms with Crippen LogP contribution in [0.25, 0.3) is 11.4 Å². The van der Waals surface area contributed by atoms with Crippen molar-refractivity contribution in [2.45, 2.75) is 32.0 Å². The molecular formula is C25H25N5OS. The third kappa shape index (κ3) is 5.06. The van der Waals surface area contributed by atoms with Gasteiger partial charge in [-0.2, -0.15) is 0 Å². The minimum Gasteiger partial charge on any atom is -0.325 e. The molecular weight excluding hydrogens is 418 g/mol. The van der Waals surface area contributed by atoms with Crippen LogP contribution in [-0.4, -0.2) is 31.4 Å². The number of nitrogens with zero attached hydrogens (tertiary/aromatic N) is 4. The van der Waals surface area contributed by atoms with Gasteiger partial charge in [0.05, 0.1) is 12.3 Å². The molecule has 0 radical (unpaired) electrons. The summed E-state index contributed by atoms with van der Waals surface area (Å²) in [7, 11) is 0. The van der Waals surface area contributed by atoms with E-state index in [0.717, 1.165) is 40.2 Å². The van der Waals surface area contributed by atoms with E-state index in [0.29, 0.717) is 11.7 Å². The Labute approximate surface area is 192 Å². The monoisotopic (exact) mass is 443 g/mol. The van der Waals surface area contributed by atoms with E-state index in [1.807, 2.05) is 60.0 Å². The van der Waals surface area contributed by atoms with Gasteiger partial charge in [0.2, 0.25) is 5.91 Å². The Kier molecular flexibility index (Phi) is 6.97. The fraction of sp³-hybridized carbons (Fsp3) is 0.200. The van der Waals surface area contributed by atoms with Gasteiger partial charge in [0.25, 0.3) is 0 Å². The molecule has 0 aliphatic heterocycles. The quantitative estimate of drug-likeness (QED) is 0.389. The third-order valence-corrected chi connectivity index (χ3v) is 6.12. The number of aromatic nitrogens is 4. The lowest BCUT2D eigenvalue weighted by Crippen LogP contribution is -2.17. The Hall–Kier alpha value is -3.45. The summed E-state index contributed by atoms with van der Waals surface area (Å²) in [6, 6.07) is 20.1. The summed E-state index contributed by atoms with van der Waals surface area (Å²) in [5, 5.41) is 12.6. The molecule has 0 saturated carbocycles. The molecule has 7 heteroatoms. The summed E-state index contributed by atoms with van der Waals surface area (Å²) < 4.78 is 2.04. The van der Waals surface area contributed by atoms with Crippen LogP contribution >= 0.6 is 11.8 Å². The first-order valence-electron chi connectivity index (χ1n) is 10.5. The van der Waals surface area contributed by atoms with E-state index < -0.39 is 0 Å². The standard InChI is InChI=1S/C25H25N5OS/c1-3-20-12-7-9-18(2)23(20)27-22(31)17-32-25-29-28-24(21-13-8-14-26-15-21)30(25)16-19-10-5-4-6-11-19/h4-15H,3,16-17H2,1-2H3,(H,27,31). The number of anilines is 1. The first kappa shape index (κ1) is 21.8. The minimum atomic E-state index is -0.0591. The molecule has 32 heavy (non-hydrogen) atoms. The summed E-state index contributed by atoms with van der Waals surface area (Å²) in [6.07, 6.45) is 4.37. The average Bonchev–Trinajstić information content (AvgIpc) is 3.22. The highest BCUT2D eigenvalue weighted by Crippen LogP contribution is 2.26. The average molecular weight is 444 g/mol. The molecule has 4 rings (SSSR count). The highest BCUT2D eigenvalue weighted by atomic mass is 32.2. The van der Waals surface area contributed by atoms with Gasteiger partial charge in [-0.1, -0.05) is 67.2 Å². The van der Waals surface area contributed by atoms with E-state index in [2.05, 4.69) is 39.6 Å². The normalized spacial score (nSPS) is 10.8. The number of pyridine rings is 1. The molecule has 6 nitrogen and oxygen atoms in total. The van der Waals surface area contributed by atoms with Crippen LogP contribution in [0.2, 0.25) is 0 Å². The van der Waals surface area contributed by atoms with Crippen LogP contribution in [0.3, 0.4) is 0 Å². The second kappa shape index (κ2) is 10.2. The zero-order valence-corrected chi connectivity index (χ0v) is 19.0. The van der Waals surface area contributed by atoms with Gasteiger partial charge in [-0.15, -0.1) is 10.2 Å². The number of aryl methyl sites for hydroxylation is 2. The zero-order valence-electron chi connectivity index (χ0n) is 18.2. The number of rotatable bonds is 8. The van der Waals surface area contributed by atoms with Crippen molar-refractivity contribution in [2.24, 2.45) is 0 Å². The molecule has 0 aliphatic carbocycles. The van der Waals surface area contributed by atoms with Crippen molar-refractivity contribution in [3.63, 3.8) is 0 Å². The predicted molar refractivity (Wildman–Crippen MR) is 129 cm³/mol. The predicted octanol–water partition coefficient (Wildman–Crippen LogP) is 4.99. The Bertz CT molecular complexity index is 1190. The van der Waals surface area contributed by atoms with Gasteiger partial charge >= 0.3 is 0 Å². The second-order valence-corrected chi connectivity index (χ2v) is 8.36. The second-order valence-electron chi connectivity index (χ2n) is 7.42. The molecule has 162 valence electrons. The lowest BCUT2D eigenvalue weighted by Gasteiger charge is -2.13. The Morgan fingerprint density at radius 1 is 1.03 bits per heavy atom. The maximum absolute atomic E-state index is 12.8. The number of carbonyl (C=O) groups is 1. The van der Waals surface area contributed by atoms with Crippen LogP contribution in [-0.2, 0) is 17.8 Å². The lowest BCUT2D eigenvalue weighted by atomic mass is 10.1. The van der Waals surface area contributed by atoms with Gasteiger partial charge in [0, 0.05) is 23.6 Å². The molecule has 0 saturated heterocycles. The molecule has 2 aromatic carbocycles. The van der Waals surface area contributed by atoms with Crippen molar-refractivity contribution in [1.29, 1.82) is 0 Å². The van der Waals surface area contributed by atoms with Crippen LogP contribution in [0.4, 0.5) is 5.69 Å². The highest BCUT2D eigenvalue weighted by molar-refractivity contribution is 7.99. The van der Waals surface area contributed by atoms with Crippen molar-refractivity contribution < 1.29 is 4.79 Å². The van der Waals surface area contributed by atoms with Crippen molar-refractivity contribution in [3.8, 4) is 11.4 Å². The molecule has 0 atom stereocenters. The summed E-state index contributed by atoms with van der Waals surface area (Å²) >= 11 is 1.39. The molecule has 0 aliphatic rings. The number of amides is 1. The van der Waals surface area contributed by atoms with E-state index in [4.69, 9.17) is 0 Å². The van der Waals surface area contributed by atoms with Crippen molar-refractivity contribution in [2.75, 3.05) is 11.1 Å². The smallest absolute Gasteiger partial charge is 0.234 e. The SMILES string of the molecule is CCc1cccc(C)c1NC(=O)CSc1nnc(-c2cccnc2)n1Cc1ccccc1. The maximum Gasteiger partial charge on any atom is 0.234 e. The molecule has 1 N–H and O–H groups in total. The molecule has 1 amide bonds. The van der Waals surface area contributed by atoms with E-state index in [-0.39, 0.29) is 11.7 Å². The summed E-state index contributed by atoms with van der Waals surface area (Å²) in [5.41, 5.74) is 5.13.